The zero-order valence-corrected chi connectivity index (χ0v) is 22.0. The third-order valence-corrected chi connectivity index (χ3v) is 6.89. The number of aromatic amines is 1. The van der Waals surface area contributed by atoms with E-state index in [1.807, 2.05) is 4.90 Å². The van der Waals surface area contributed by atoms with Gasteiger partial charge in [-0.25, -0.2) is 19.3 Å². The second-order valence-corrected chi connectivity index (χ2v) is 9.81. The Morgan fingerprint density at radius 2 is 1.87 bits per heavy atom. The lowest BCUT2D eigenvalue weighted by Crippen LogP contribution is -2.51. The van der Waals surface area contributed by atoms with Crippen molar-refractivity contribution in [3.8, 4) is 22.6 Å². The highest BCUT2D eigenvalue weighted by atomic mass is 19.1. The number of aliphatic hydroxyl groups is 1. The van der Waals surface area contributed by atoms with E-state index in [9.17, 15) is 9.18 Å². The van der Waals surface area contributed by atoms with Gasteiger partial charge in [0.05, 0.1) is 42.6 Å². The smallest absolute Gasteiger partial charge is 0.230 e. The first-order chi connectivity index (χ1) is 19.0. The molecule has 208 valence electrons. The third kappa shape index (κ3) is 6.77. The zero-order valence-electron chi connectivity index (χ0n) is 22.0. The van der Waals surface area contributed by atoms with E-state index < -0.39 is 6.29 Å². The Bertz CT molecular complexity index is 1240. The van der Waals surface area contributed by atoms with E-state index in [-0.39, 0.29) is 24.2 Å². The van der Waals surface area contributed by atoms with Crippen LogP contribution >= 0.6 is 0 Å². The molecule has 0 saturated carbocycles. The van der Waals surface area contributed by atoms with Crippen molar-refractivity contribution in [3.63, 3.8) is 0 Å². The number of imidazole rings is 1. The molecule has 2 aliphatic heterocycles. The fourth-order valence-corrected chi connectivity index (χ4v) is 4.63. The molecule has 39 heavy (non-hydrogen) atoms. The van der Waals surface area contributed by atoms with Crippen molar-refractivity contribution in [3.05, 3.63) is 48.2 Å². The van der Waals surface area contributed by atoms with Gasteiger partial charge in [-0.3, -0.25) is 4.79 Å². The largest absolute Gasteiger partial charge is 0.396 e. The molecule has 4 heterocycles. The van der Waals surface area contributed by atoms with Gasteiger partial charge in [-0.2, -0.15) is 0 Å². The van der Waals surface area contributed by atoms with Crippen LogP contribution in [0.25, 0.3) is 22.6 Å². The Morgan fingerprint density at radius 3 is 2.59 bits per heavy atom. The van der Waals surface area contributed by atoms with Crippen LogP contribution in [0.15, 0.2) is 36.5 Å². The number of benzene rings is 1. The van der Waals surface area contributed by atoms with Crippen LogP contribution in [0.3, 0.4) is 0 Å². The molecule has 0 bridgehead atoms. The Morgan fingerprint density at radius 1 is 1.13 bits per heavy atom. The molecule has 3 aromatic rings. The lowest BCUT2D eigenvalue weighted by atomic mass is 10.1. The van der Waals surface area contributed by atoms with E-state index in [1.54, 1.807) is 24.4 Å². The molecule has 1 amide bonds. The lowest BCUT2D eigenvalue weighted by molar-refractivity contribution is -0.204. The summed E-state index contributed by atoms with van der Waals surface area (Å²) in [7, 11) is 2.06. The van der Waals surface area contributed by atoms with Gasteiger partial charge < -0.3 is 34.7 Å². The Balaban J connectivity index is 1.29. The van der Waals surface area contributed by atoms with Crippen molar-refractivity contribution < 1.29 is 23.8 Å². The van der Waals surface area contributed by atoms with Crippen LogP contribution in [-0.4, -0.2) is 107 Å². The minimum Gasteiger partial charge on any atom is -0.396 e. The minimum absolute atomic E-state index is 0.0708. The Kier molecular flexibility index (Phi) is 8.77. The predicted octanol–water partition coefficient (Wildman–Crippen LogP) is 1.77. The van der Waals surface area contributed by atoms with Crippen LogP contribution in [0.1, 0.15) is 12.2 Å². The Hall–Kier alpha value is -3.45. The number of aromatic nitrogens is 4. The zero-order chi connectivity index (χ0) is 27.2. The summed E-state index contributed by atoms with van der Waals surface area (Å²) in [6.45, 7) is 4.37. The van der Waals surface area contributed by atoms with E-state index in [0.29, 0.717) is 61.5 Å². The van der Waals surface area contributed by atoms with Crippen LogP contribution in [0, 0.1) is 11.7 Å². The normalized spacial score (nSPS) is 20.2. The molecule has 0 atom stereocenters. The van der Waals surface area contributed by atoms with Crippen molar-refractivity contribution in [1.29, 1.82) is 0 Å². The van der Waals surface area contributed by atoms with Crippen LogP contribution in [-0.2, 0) is 20.7 Å². The summed E-state index contributed by atoms with van der Waals surface area (Å²) in [5.41, 5.74) is 2.61. The maximum atomic E-state index is 13.6. The van der Waals surface area contributed by atoms with Crippen LogP contribution < -0.4 is 5.32 Å². The van der Waals surface area contributed by atoms with E-state index in [2.05, 4.69) is 32.2 Å². The molecule has 0 radical (unpaired) electrons. The number of H-pyrrole nitrogens is 1. The lowest BCUT2D eigenvalue weighted by Gasteiger charge is -2.36. The van der Waals surface area contributed by atoms with Gasteiger partial charge in [0.25, 0.3) is 0 Å². The first-order valence-corrected chi connectivity index (χ1v) is 13.2. The van der Waals surface area contributed by atoms with Crippen LogP contribution in [0.4, 0.5) is 10.3 Å². The maximum Gasteiger partial charge on any atom is 0.230 e. The number of carbonyl (C=O) groups is 1. The fraction of sp³-hybridized carbons (Fsp3) is 0.481. The standard InChI is InChI=1S/C27H34FN7O4/c1-34-10-12-35(13-11-34)26(37)19-16-38-23(39-17-19)15-22-32-24(18-3-5-20(28)6-4-18)25(33-22)21-7-9-30-27(31-21)29-8-2-14-36/h3-7,9,19,23,36H,2,8,10-17H2,1H3,(H,32,33)(H,29,30,31). The molecule has 0 spiro atoms. The number of anilines is 1. The molecular formula is C27H34FN7O4. The van der Waals surface area contributed by atoms with Crippen LogP contribution in [0.5, 0.6) is 0 Å². The maximum absolute atomic E-state index is 13.6. The minimum atomic E-state index is -0.553. The highest BCUT2D eigenvalue weighted by Crippen LogP contribution is 2.30. The number of hydrogen-bond acceptors (Lipinski definition) is 9. The van der Waals surface area contributed by atoms with Gasteiger partial charge in [-0.05, 0) is 43.8 Å². The average molecular weight is 540 g/mol. The predicted molar refractivity (Wildman–Crippen MR) is 142 cm³/mol. The topological polar surface area (TPSA) is 129 Å². The third-order valence-electron chi connectivity index (χ3n) is 6.89. The number of carbonyl (C=O) groups excluding carboxylic acids is 1. The summed E-state index contributed by atoms with van der Waals surface area (Å²) >= 11 is 0. The summed E-state index contributed by atoms with van der Waals surface area (Å²) in [5, 5.41) is 12.1. The molecule has 2 aliphatic rings. The number of hydrogen-bond donors (Lipinski definition) is 3. The van der Waals surface area contributed by atoms with Gasteiger partial charge >= 0.3 is 0 Å². The highest BCUT2D eigenvalue weighted by molar-refractivity contribution is 5.79. The van der Waals surface area contributed by atoms with Gasteiger partial charge in [-0.15, -0.1) is 0 Å². The van der Waals surface area contributed by atoms with Gasteiger partial charge in [0.1, 0.15) is 11.6 Å². The number of rotatable bonds is 9. The second-order valence-electron chi connectivity index (χ2n) is 9.81. The van der Waals surface area contributed by atoms with Gasteiger partial charge in [-0.1, -0.05) is 0 Å². The van der Waals surface area contributed by atoms with Crippen molar-refractivity contribution in [2.45, 2.75) is 19.1 Å². The average Bonchev–Trinajstić information content (AvgIpc) is 3.38. The number of piperazine rings is 1. The molecule has 1 aromatic carbocycles. The molecular weight excluding hydrogens is 505 g/mol. The van der Waals surface area contributed by atoms with Crippen molar-refractivity contribution >= 4 is 11.9 Å². The number of nitrogens with one attached hydrogen (secondary N) is 2. The number of amides is 1. The van der Waals surface area contributed by atoms with Gasteiger partial charge in [0.15, 0.2) is 6.29 Å². The van der Waals surface area contributed by atoms with Crippen molar-refractivity contribution in [2.75, 3.05) is 64.9 Å². The molecule has 2 saturated heterocycles. The van der Waals surface area contributed by atoms with Gasteiger partial charge in [0, 0.05) is 51.1 Å². The quantitative estimate of drug-likeness (QED) is 0.349. The Labute approximate surface area is 226 Å². The number of likely N-dealkylation sites (N-methyl/N-ethyl adjacent to an activating group) is 1. The van der Waals surface area contributed by atoms with E-state index in [1.165, 1.54) is 12.1 Å². The molecule has 2 aromatic heterocycles. The summed E-state index contributed by atoms with van der Waals surface area (Å²) in [4.78, 5) is 34.0. The van der Waals surface area contributed by atoms with E-state index >= 15 is 0 Å². The first-order valence-electron chi connectivity index (χ1n) is 13.2. The van der Waals surface area contributed by atoms with Crippen LogP contribution in [0.2, 0.25) is 0 Å². The molecule has 3 N–H and O–H groups in total. The monoisotopic (exact) mass is 539 g/mol. The highest BCUT2D eigenvalue weighted by Gasteiger charge is 2.32. The first kappa shape index (κ1) is 27.1. The van der Waals surface area contributed by atoms with E-state index in [4.69, 9.17) is 19.6 Å². The number of aliphatic hydroxyl groups excluding tert-OH is 1. The van der Waals surface area contributed by atoms with Gasteiger partial charge in [0.2, 0.25) is 11.9 Å². The molecule has 12 heteroatoms. The molecule has 5 rings (SSSR count). The summed E-state index contributed by atoms with van der Waals surface area (Å²) in [6, 6.07) is 7.88. The molecule has 11 nitrogen and oxygen atoms in total. The fourth-order valence-electron chi connectivity index (χ4n) is 4.63. The number of ether oxygens (including phenoxy) is 2. The molecule has 0 aliphatic carbocycles. The molecule has 0 unspecified atom stereocenters. The summed E-state index contributed by atoms with van der Waals surface area (Å²) in [6.07, 6.45) is 2.01. The van der Waals surface area contributed by atoms with E-state index in [0.717, 1.165) is 31.7 Å². The van der Waals surface area contributed by atoms with Crippen molar-refractivity contribution in [2.24, 2.45) is 5.92 Å². The SMILES string of the molecule is CN1CCN(C(=O)C2COC(Cc3nc(-c4ccc(F)cc4)c(-c4ccnc(NCCCO)n4)[nH]3)OC2)CC1. The second kappa shape index (κ2) is 12.6. The number of halogens is 1. The number of nitrogens with zero attached hydrogens (tertiary/aromatic N) is 5. The molecule has 2 fully saturated rings. The summed E-state index contributed by atoms with van der Waals surface area (Å²) in [5.74, 6) is 0.471. The van der Waals surface area contributed by atoms with Crippen molar-refractivity contribution in [1.82, 2.24) is 29.7 Å². The summed E-state index contributed by atoms with van der Waals surface area (Å²) < 4.78 is 25.5.